The zero-order valence-electron chi connectivity index (χ0n) is 25.8. The van der Waals surface area contributed by atoms with Crippen LogP contribution in [0.1, 0.15) is 77.0 Å². The van der Waals surface area contributed by atoms with Crippen LogP contribution >= 0.6 is 12.6 Å². The summed E-state index contributed by atoms with van der Waals surface area (Å²) in [4.78, 5) is 42.6. The van der Waals surface area contributed by atoms with Gasteiger partial charge in [-0.3, -0.25) is 9.59 Å². The Labute approximate surface area is 261 Å². The highest BCUT2D eigenvalue weighted by Crippen LogP contribution is 2.28. The maximum atomic E-state index is 14.2. The van der Waals surface area contributed by atoms with Gasteiger partial charge in [0.2, 0.25) is 5.91 Å². The van der Waals surface area contributed by atoms with Crippen LogP contribution in [0.15, 0.2) is 73.3 Å². The van der Waals surface area contributed by atoms with Crippen molar-refractivity contribution in [2.75, 3.05) is 17.6 Å². The lowest BCUT2D eigenvalue weighted by atomic mass is 9.99. The van der Waals surface area contributed by atoms with Crippen LogP contribution in [0.2, 0.25) is 0 Å². The minimum absolute atomic E-state index is 0.0378. The largest absolute Gasteiger partial charge is 0.444 e. The summed E-state index contributed by atoms with van der Waals surface area (Å²) in [7, 11) is 0. The molecule has 43 heavy (non-hydrogen) atoms. The van der Waals surface area contributed by atoms with E-state index in [1.165, 1.54) is 0 Å². The Morgan fingerprint density at radius 3 is 2.35 bits per heavy atom. The molecule has 3 rings (SSSR count). The van der Waals surface area contributed by atoms with E-state index in [0.717, 1.165) is 42.0 Å². The zero-order chi connectivity index (χ0) is 31.4. The third kappa shape index (κ3) is 10.2. The average molecular weight is 604 g/mol. The number of nitrogens with zero attached hydrogens (tertiary/aromatic N) is 1. The van der Waals surface area contributed by atoms with Crippen LogP contribution in [-0.4, -0.2) is 46.7 Å². The van der Waals surface area contributed by atoms with E-state index in [9.17, 15) is 14.4 Å². The number of anilines is 1. The number of benzene rings is 3. The lowest BCUT2D eigenvalue weighted by Crippen LogP contribution is -2.53. The number of thiol groups is 1. The molecule has 3 aromatic carbocycles. The first kappa shape index (κ1) is 33.7. The molecule has 3 amide bonds. The van der Waals surface area contributed by atoms with Gasteiger partial charge in [-0.05, 0) is 67.3 Å². The van der Waals surface area contributed by atoms with Gasteiger partial charge in [-0.1, -0.05) is 93.8 Å². The molecule has 3 aromatic rings. The summed E-state index contributed by atoms with van der Waals surface area (Å²) < 4.78 is 5.42. The molecule has 0 fully saturated rings. The van der Waals surface area contributed by atoms with E-state index in [2.05, 4.69) is 36.8 Å². The van der Waals surface area contributed by atoms with Gasteiger partial charge in [0.1, 0.15) is 17.7 Å². The number of carbonyl (C=O) groups is 3. The molecule has 0 saturated heterocycles. The average Bonchev–Trinajstić information content (AvgIpc) is 2.97. The minimum Gasteiger partial charge on any atom is -0.444 e. The van der Waals surface area contributed by atoms with Crippen LogP contribution in [0.25, 0.3) is 16.8 Å². The molecule has 0 spiro atoms. The van der Waals surface area contributed by atoms with E-state index in [1.807, 2.05) is 66.7 Å². The molecular weight excluding hydrogens is 558 g/mol. The van der Waals surface area contributed by atoms with E-state index in [0.29, 0.717) is 24.2 Å². The van der Waals surface area contributed by atoms with Crippen molar-refractivity contribution in [3.05, 3.63) is 84.4 Å². The van der Waals surface area contributed by atoms with Crippen LogP contribution in [0.4, 0.5) is 10.5 Å². The number of hydrogen-bond donors (Lipinski definition) is 3. The lowest BCUT2D eigenvalue weighted by Gasteiger charge is -2.34. The summed E-state index contributed by atoms with van der Waals surface area (Å²) in [6.45, 7) is 11.6. The van der Waals surface area contributed by atoms with Crippen molar-refractivity contribution in [3.63, 3.8) is 0 Å². The molecule has 2 unspecified atom stereocenters. The summed E-state index contributed by atoms with van der Waals surface area (Å²) in [5.74, 6) is -0.719. The number of amides is 3. The van der Waals surface area contributed by atoms with Gasteiger partial charge < -0.3 is 20.3 Å². The normalized spacial score (nSPS) is 12.7. The Morgan fingerprint density at radius 1 is 0.953 bits per heavy atom. The monoisotopic (exact) mass is 603 g/mol. The molecule has 0 heterocycles. The van der Waals surface area contributed by atoms with Crippen LogP contribution in [0.3, 0.4) is 0 Å². The first-order valence-electron chi connectivity index (χ1n) is 15.0. The second kappa shape index (κ2) is 16.2. The first-order valence-corrected chi connectivity index (χ1v) is 15.6. The Hall–Kier alpha value is -3.78. The Balaban J connectivity index is 2.01. The number of unbranched alkanes of at least 4 members (excludes halogenated alkanes) is 4. The molecule has 2 atom stereocenters. The number of rotatable bonds is 14. The Morgan fingerprint density at radius 2 is 1.67 bits per heavy atom. The number of hydrogen-bond acceptors (Lipinski definition) is 5. The smallest absolute Gasteiger partial charge is 0.408 e. The van der Waals surface area contributed by atoms with Gasteiger partial charge in [-0.2, -0.15) is 12.6 Å². The number of carbonyl (C=O) groups excluding carboxylic acids is 3. The Kier molecular flexibility index (Phi) is 12.7. The molecular formula is C35H45N3O4S. The van der Waals surface area contributed by atoms with Crippen molar-refractivity contribution in [3.8, 4) is 0 Å². The highest BCUT2D eigenvalue weighted by molar-refractivity contribution is 7.80. The van der Waals surface area contributed by atoms with E-state index in [4.69, 9.17) is 4.74 Å². The summed E-state index contributed by atoms with van der Waals surface area (Å²) in [5, 5.41) is 7.78. The molecule has 0 aliphatic rings. The van der Waals surface area contributed by atoms with E-state index in [-0.39, 0.29) is 11.7 Å². The van der Waals surface area contributed by atoms with Crippen LogP contribution in [0, 0.1) is 0 Å². The van der Waals surface area contributed by atoms with Gasteiger partial charge in [-0.25, -0.2) is 4.79 Å². The third-order valence-corrected chi connectivity index (χ3v) is 7.36. The van der Waals surface area contributed by atoms with Crippen molar-refractivity contribution >= 4 is 53.1 Å². The zero-order valence-corrected chi connectivity index (χ0v) is 26.7. The minimum atomic E-state index is -0.993. The van der Waals surface area contributed by atoms with Gasteiger partial charge in [0, 0.05) is 18.0 Å². The number of fused-ring (bicyclic) bond motifs is 1. The molecule has 0 aromatic heterocycles. The van der Waals surface area contributed by atoms with Crippen LogP contribution in [0.5, 0.6) is 0 Å². The van der Waals surface area contributed by atoms with Crippen molar-refractivity contribution in [2.24, 2.45) is 0 Å². The predicted octanol–water partition coefficient (Wildman–Crippen LogP) is 7.78. The van der Waals surface area contributed by atoms with Gasteiger partial charge in [0.15, 0.2) is 0 Å². The molecule has 0 radical (unpaired) electrons. The summed E-state index contributed by atoms with van der Waals surface area (Å²) in [6.07, 6.45) is 5.83. The highest BCUT2D eigenvalue weighted by Gasteiger charge is 2.36. The fourth-order valence-corrected chi connectivity index (χ4v) is 5.14. The number of alkyl carbamates (subject to hydrolysis) is 1. The molecule has 0 bridgehead atoms. The predicted molar refractivity (Wildman–Crippen MR) is 179 cm³/mol. The third-order valence-electron chi connectivity index (χ3n) is 7.00. The van der Waals surface area contributed by atoms with Crippen molar-refractivity contribution in [2.45, 2.75) is 77.5 Å². The summed E-state index contributed by atoms with van der Waals surface area (Å²) in [5.41, 5.74) is 1.36. The van der Waals surface area contributed by atoms with E-state index >= 15 is 0 Å². The second-order valence-corrected chi connectivity index (χ2v) is 12.0. The summed E-state index contributed by atoms with van der Waals surface area (Å²) in [6, 6.07) is 19.1. The number of nitrogens with one attached hydrogen (secondary N) is 2. The fourth-order valence-electron chi connectivity index (χ4n) is 4.89. The molecule has 7 nitrogen and oxygen atoms in total. The van der Waals surface area contributed by atoms with Gasteiger partial charge in [-0.15, -0.1) is 0 Å². The molecule has 0 aliphatic heterocycles. The van der Waals surface area contributed by atoms with E-state index < -0.39 is 29.7 Å². The molecule has 2 N–H and O–H groups in total. The van der Waals surface area contributed by atoms with Gasteiger partial charge in [0.05, 0.1) is 0 Å². The lowest BCUT2D eigenvalue weighted by molar-refractivity contribution is -0.140. The van der Waals surface area contributed by atoms with E-state index in [1.54, 1.807) is 31.7 Å². The van der Waals surface area contributed by atoms with Gasteiger partial charge in [0.25, 0.3) is 5.91 Å². The van der Waals surface area contributed by atoms with Crippen molar-refractivity contribution < 1.29 is 19.1 Å². The quantitative estimate of drug-likeness (QED) is 0.130. The first-order chi connectivity index (χ1) is 20.6. The maximum Gasteiger partial charge on any atom is 0.408 e. The molecule has 0 aliphatic carbocycles. The van der Waals surface area contributed by atoms with Crippen molar-refractivity contribution in [1.82, 2.24) is 10.2 Å². The van der Waals surface area contributed by atoms with Crippen LogP contribution in [-0.2, 0) is 14.3 Å². The fraction of sp³-hybridized carbons (Fsp3) is 0.400. The van der Waals surface area contributed by atoms with Gasteiger partial charge >= 0.3 is 6.09 Å². The molecule has 0 saturated carbocycles. The standard InChI is InChI=1S/C35H45N3O4S/c1-6-8-9-10-13-21-38(33(40)30(24-43)37-34(41)42-35(3,4)5)31(28-18-14-15-25(7-2)22-28)32(39)36-29-20-19-26-16-11-12-17-27(26)23-29/h7,11-12,14-20,22-23,30-31,43H,2,6,8-10,13,21,24H2,1,3-5H3,(H,36,39)(H,37,41). The Bertz CT molecular complexity index is 1400. The SMILES string of the molecule is C=Cc1cccc(C(C(=O)Nc2ccc3ccccc3c2)N(CCCCCCC)C(=O)C(CS)NC(=O)OC(C)(C)C)c1. The maximum absolute atomic E-state index is 14.2. The van der Waals surface area contributed by atoms with Crippen LogP contribution < -0.4 is 10.6 Å². The molecule has 230 valence electrons. The van der Waals surface area contributed by atoms with Crippen molar-refractivity contribution in [1.29, 1.82) is 0 Å². The number of ether oxygens (including phenoxy) is 1. The molecule has 8 heteroatoms. The second-order valence-electron chi connectivity index (χ2n) is 11.7. The highest BCUT2D eigenvalue weighted by atomic mass is 32.1. The topological polar surface area (TPSA) is 87.7 Å². The summed E-state index contributed by atoms with van der Waals surface area (Å²) >= 11 is 4.39.